The van der Waals surface area contributed by atoms with Gasteiger partial charge in [-0.05, 0) is 12.1 Å². The van der Waals surface area contributed by atoms with Crippen LogP contribution in [0.4, 0.5) is 5.82 Å². The Balaban J connectivity index is 2.57. The number of carbonyl (C=O) groups excluding carboxylic acids is 1. The van der Waals surface area contributed by atoms with Crippen molar-refractivity contribution >= 4 is 17.8 Å². The first-order chi connectivity index (χ1) is 8.04. The molecule has 7 heteroatoms. The van der Waals surface area contributed by atoms with Crippen LogP contribution in [-0.4, -0.2) is 40.9 Å². The topological polar surface area (TPSA) is 101 Å². The Labute approximate surface area is 97.8 Å². The highest BCUT2D eigenvalue weighted by atomic mass is 16.5. The maximum absolute atomic E-state index is 11.1. The molecular weight excluding hydrogens is 226 g/mol. The summed E-state index contributed by atoms with van der Waals surface area (Å²) >= 11 is 0. The van der Waals surface area contributed by atoms with Crippen LogP contribution in [0.1, 0.15) is 17.4 Å². The zero-order valence-electron chi connectivity index (χ0n) is 9.51. The summed E-state index contributed by atoms with van der Waals surface area (Å²) in [6.45, 7) is 1.81. The van der Waals surface area contributed by atoms with Crippen molar-refractivity contribution in [1.82, 2.24) is 10.2 Å². The summed E-state index contributed by atoms with van der Waals surface area (Å²) in [5, 5.41) is 18.8. The van der Waals surface area contributed by atoms with E-state index in [-0.39, 0.29) is 12.2 Å². The standard InChI is InChI=1S/C10H13N3O4/c1-6(9(14)15)5-11-8-4-3-7(12-13-8)10(16)17-2/h3-4,6H,5H2,1-2H3,(H,11,13)(H,14,15). The molecule has 2 N–H and O–H groups in total. The van der Waals surface area contributed by atoms with E-state index in [1.165, 1.54) is 19.2 Å². The molecule has 0 saturated carbocycles. The Morgan fingerprint density at radius 2 is 2.18 bits per heavy atom. The fourth-order valence-corrected chi connectivity index (χ4v) is 0.985. The molecule has 0 amide bonds. The van der Waals surface area contributed by atoms with Gasteiger partial charge < -0.3 is 15.2 Å². The lowest BCUT2D eigenvalue weighted by atomic mass is 10.2. The third-order valence-corrected chi connectivity index (χ3v) is 2.07. The lowest BCUT2D eigenvalue weighted by Crippen LogP contribution is -2.20. The minimum atomic E-state index is -0.892. The number of rotatable bonds is 5. The number of aromatic nitrogens is 2. The quantitative estimate of drug-likeness (QED) is 0.717. The summed E-state index contributed by atoms with van der Waals surface area (Å²) < 4.78 is 4.47. The Bertz CT molecular complexity index is 405. The Hall–Kier alpha value is -2.18. The lowest BCUT2D eigenvalue weighted by Gasteiger charge is -2.08. The number of anilines is 1. The molecule has 17 heavy (non-hydrogen) atoms. The van der Waals surface area contributed by atoms with E-state index < -0.39 is 17.9 Å². The highest BCUT2D eigenvalue weighted by molar-refractivity contribution is 5.86. The average Bonchev–Trinajstić information content (AvgIpc) is 2.35. The van der Waals surface area contributed by atoms with Crippen LogP contribution in [-0.2, 0) is 9.53 Å². The summed E-state index contributed by atoms with van der Waals surface area (Å²) in [4.78, 5) is 21.6. The molecule has 0 aliphatic rings. The van der Waals surface area contributed by atoms with Gasteiger partial charge in [-0.3, -0.25) is 4.79 Å². The number of carboxylic acid groups (broad SMARTS) is 1. The molecule has 0 fully saturated rings. The third-order valence-electron chi connectivity index (χ3n) is 2.07. The lowest BCUT2D eigenvalue weighted by molar-refractivity contribution is -0.140. The van der Waals surface area contributed by atoms with Crippen molar-refractivity contribution in [2.24, 2.45) is 5.92 Å². The number of carbonyl (C=O) groups is 2. The molecule has 1 rings (SSSR count). The number of esters is 1. The van der Waals surface area contributed by atoms with E-state index in [1.54, 1.807) is 6.92 Å². The Kier molecular flexibility index (Phi) is 4.38. The van der Waals surface area contributed by atoms with Crippen LogP contribution in [0.2, 0.25) is 0 Å². The molecule has 0 aliphatic carbocycles. The maximum Gasteiger partial charge on any atom is 0.358 e. The molecule has 0 radical (unpaired) electrons. The van der Waals surface area contributed by atoms with Crippen molar-refractivity contribution in [3.63, 3.8) is 0 Å². The number of nitrogens with zero attached hydrogens (tertiary/aromatic N) is 2. The molecule has 1 heterocycles. The van der Waals surface area contributed by atoms with Gasteiger partial charge in [-0.1, -0.05) is 6.92 Å². The van der Waals surface area contributed by atoms with Crippen LogP contribution in [0.3, 0.4) is 0 Å². The van der Waals surface area contributed by atoms with Crippen molar-refractivity contribution in [2.45, 2.75) is 6.92 Å². The summed E-state index contributed by atoms with van der Waals surface area (Å²) in [5.41, 5.74) is 0.101. The molecule has 1 aromatic heterocycles. The van der Waals surface area contributed by atoms with Crippen molar-refractivity contribution in [1.29, 1.82) is 0 Å². The third kappa shape index (κ3) is 3.71. The van der Waals surface area contributed by atoms with Crippen LogP contribution in [0.5, 0.6) is 0 Å². The second-order valence-corrected chi connectivity index (χ2v) is 3.42. The SMILES string of the molecule is COC(=O)c1ccc(NCC(C)C(=O)O)nn1. The van der Waals surface area contributed by atoms with Crippen LogP contribution < -0.4 is 5.32 Å². The number of carboxylic acids is 1. The molecule has 0 bridgehead atoms. The van der Waals surface area contributed by atoms with Crippen LogP contribution >= 0.6 is 0 Å². The van der Waals surface area contributed by atoms with E-state index >= 15 is 0 Å². The van der Waals surface area contributed by atoms with Crippen LogP contribution in [0.15, 0.2) is 12.1 Å². The molecule has 0 saturated heterocycles. The molecule has 0 aliphatic heterocycles. The fraction of sp³-hybridized carbons (Fsp3) is 0.400. The molecule has 0 spiro atoms. The largest absolute Gasteiger partial charge is 0.481 e. The van der Waals surface area contributed by atoms with E-state index in [4.69, 9.17) is 5.11 Å². The summed E-state index contributed by atoms with van der Waals surface area (Å²) in [7, 11) is 1.25. The summed E-state index contributed by atoms with van der Waals surface area (Å²) in [6, 6.07) is 2.99. The number of methoxy groups -OCH3 is 1. The second kappa shape index (κ2) is 5.78. The van der Waals surface area contributed by atoms with Crippen molar-refractivity contribution in [3.8, 4) is 0 Å². The van der Waals surface area contributed by atoms with Gasteiger partial charge in [-0.25, -0.2) is 4.79 Å². The number of aliphatic carboxylic acids is 1. The molecule has 0 aromatic carbocycles. The van der Waals surface area contributed by atoms with E-state index in [2.05, 4.69) is 20.3 Å². The van der Waals surface area contributed by atoms with Gasteiger partial charge in [-0.2, -0.15) is 0 Å². The maximum atomic E-state index is 11.1. The van der Waals surface area contributed by atoms with Gasteiger partial charge in [-0.15, -0.1) is 10.2 Å². The zero-order valence-corrected chi connectivity index (χ0v) is 9.51. The predicted molar refractivity (Wildman–Crippen MR) is 58.7 cm³/mol. The molecule has 1 atom stereocenters. The first kappa shape index (κ1) is 12.9. The van der Waals surface area contributed by atoms with E-state index in [0.29, 0.717) is 5.82 Å². The highest BCUT2D eigenvalue weighted by Gasteiger charge is 2.11. The minimum Gasteiger partial charge on any atom is -0.481 e. The summed E-state index contributed by atoms with van der Waals surface area (Å²) in [6.07, 6.45) is 0. The molecule has 92 valence electrons. The van der Waals surface area contributed by atoms with Crippen LogP contribution in [0, 0.1) is 5.92 Å². The number of ether oxygens (including phenoxy) is 1. The van der Waals surface area contributed by atoms with Gasteiger partial charge in [0.1, 0.15) is 5.82 Å². The van der Waals surface area contributed by atoms with Crippen molar-refractivity contribution < 1.29 is 19.4 Å². The van der Waals surface area contributed by atoms with Crippen molar-refractivity contribution in [3.05, 3.63) is 17.8 Å². The molecular formula is C10H13N3O4. The zero-order chi connectivity index (χ0) is 12.8. The van der Waals surface area contributed by atoms with Gasteiger partial charge in [0.2, 0.25) is 0 Å². The minimum absolute atomic E-state index is 0.101. The number of nitrogens with one attached hydrogen (secondary N) is 1. The molecule has 1 aromatic rings. The van der Waals surface area contributed by atoms with Gasteiger partial charge in [0.25, 0.3) is 0 Å². The fourth-order valence-electron chi connectivity index (χ4n) is 0.985. The van der Waals surface area contributed by atoms with Gasteiger partial charge in [0.15, 0.2) is 5.69 Å². The normalized spacial score (nSPS) is 11.6. The highest BCUT2D eigenvalue weighted by Crippen LogP contribution is 2.04. The Morgan fingerprint density at radius 1 is 1.47 bits per heavy atom. The first-order valence-corrected chi connectivity index (χ1v) is 4.93. The van der Waals surface area contributed by atoms with Gasteiger partial charge >= 0.3 is 11.9 Å². The number of hydrogen-bond donors (Lipinski definition) is 2. The summed E-state index contributed by atoms with van der Waals surface area (Å²) in [5.74, 6) is -1.58. The van der Waals surface area contributed by atoms with E-state index in [9.17, 15) is 9.59 Å². The van der Waals surface area contributed by atoms with Gasteiger partial charge in [0.05, 0.1) is 13.0 Å². The van der Waals surface area contributed by atoms with E-state index in [1.807, 2.05) is 0 Å². The van der Waals surface area contributed by atoms with Gasteiger partial charge in [0, 0.05) is 6.54 Å². The predicted octanol–water partition coefficient (Wildman–Crippen LogP) is 0.396. The average molecular weight is 239 g/mol. The first-order valence-electron chi connectivity index (χ1n) is 4.93. The smallest absolute Gasteiger partial charge is 0.358 e. The van der Waals surface area contributed by atoms with E-state index in [0.717, 1.165) is 0 Å². The van der Waals surface area contributed by atoms with Crippen molar-refractivity contribution in [2.75, 3.05) is 19.0 Å². The molecule has 7 nitrogen and oxygen atoms in total. The number of hydrogen-bond acceptors (Lipinski definition) is 6. The molecule has 1 unspecified atom stereocenters. The monoisotopic (exact) mass is 239 g/mol. The Morgan fingerprint density at radius 3 is 2.65 bits per heavy atom. The van der Waals surface area contributed by atoms with Crippen LogP contribution in [0.25, 0.3) is 0 Å². The second-order valence-electron chi connectivity index (χ2n) is 3.42.